The highest BCUT2D eigenvalue weighted by atomic mass is 32.1. The molecule has 74 valence electrons. The lowest BCUT2D eigenvalue weighted by Crippen LogP contribution is -2.30. The molecule has 0 aromatic heterocycles. The maximum Gasteiger partial charge on any atom is 0.329 e. The Kier molecular flexibility index (Phi) is 3.87. The van der Waals surface area contributed by atoms with Gasteiger partial charge < -0.3 is 10.2 Å². The lowest BCUT2D eigenvalue weighted by Gasteiger charge is -2.08. The van der Waals surface area contributed by atoms with Gasteiger partial charge in [-0.05, 0) is 24.4 Å². The van der Waals surface area contributed by atoms with Gasteiger partial charge in [-0.1, -0.05) is 18.2 Å². The zero-order valence-electron chi connectivity index (χ0n) is 7.61. The van der Waals surface area contributed by atoms with Crippen LogP contribution in [0.4, 0.5) is 5.69 Å². The molecule has 4 nitrogen and oxygen atoms in total. The first-order valence-corrected chi connectivity index (χ1v) is 4.39. The van der Waals surface area contributed by atoms with Crippen molar-refractivity contribution in [2.24, 2.45) is 0 Å². The van der Waals surface area contributed by atoms with Crippen molar-refractivity contribution in [1.82, 2.24) is 5.48 Å². The topological polar surface area (TPSA) is 50.4 Å². The number of hydroxylamine groups is 1. The van der Waals surface area contributed by atoms with Gasteiger partial charge >= 0.3 is 5.97 Å². The molecule has 0 unspecified atom stereocenters. The van der Waals surface area contributed by atoms with Gasteiger partial charge in [0, 0.05) is 12.6 Å². The molecule has 1 rings (SSSR count). The number of rotatable bonds is 1. The van der Waals surface area contributed by atoms with Crippen LogP contribution < -0.4 is 10.8 Å². The van der Waals surface area contributed by atoms with Crippen LogP contribution in [0.1, 0.15) is 6.92 Å². The predicted molar refractivity (Wildman–Crippen MR) is 57.6 cm³/mol. The summed E-state index contributed by atoms with van der Waals surface area (Å²) in [4.78, 5) is 14.9. The average Bonchev–Trinajstić information content (AvgIpc) is 2.16. The summed E-state index contributed by atoms with van der Waals surface area (Å²) in [6.07, 6.45) is 0. The second kappa shape index (κ2) is 5.18. The van der Waals surface area contributed by atoms with Crippen LogP contribution in [0.2, 0.25) is 0 Å². The summed E-state index contributed by atoms with van der Waals surface area (Å²) in [7, 11) is 0. The standard InChI is InChI=1S/C9H10N2O2S/c1-7(12)13-11-9(14)10-8-5-3-2-4-6-8/h2-6H,1H3,(H2,10,11,14). The fourth-order valence-electron chi connectivity index (χ4n) is 0.796. The molecule has 0 radical (unpaired) electrons. The summed E-state index contributed by atoms with van der Waals surface area (Å²) in [5.41, 5.74) is 3.13. The van der Waals surface area contributed by atoms with Crippen LogP contribution in [0.3, 0.4) is 0 Å². The molecule has 2 N–H and O–H groups in total. The van der Waals surface area contributed by atoms with Crippen molar-refractivity contribution in [3.63, 3.8) is 0 Å². The SMILES string of the molecule is CC(=O)ONC(=S)Nc1ccccc1. The van der Waals surface area contributed by atoms with Crippen molar-refractivity contribution < 1.29 is 9.63 Å². The highest BCUT2D eigenvalue weighted by Gasteiger charge is 1.97. The summed E-state index contributed by atoms with van der Waals surface area (Å²) in [5.74, 6) is -0.442. The lowest BCUT2D eigenvalue weighted by molar-refractivity contribution is -0.144. The van der Waals surface area contributed by atoms with Gasteiger partial charge in [-0.2, -0.15) is 5.48 Å². The molecule has 0 spiro atoms. The Morgan fingerprint density at radius 3 is 2.57 bits per heavy atom. The molecule has 0 aliphatic carbocycles. The molecule has 1 aromatic rings. The van der Waals surface area contributed by atoms with Crippen molar-refractivity contribution in [3.8, 4) is 0 Å². The van der Waals surface area contributed by atoms with E-state index in [1.165, 1.54) is 6.92 Å². The largest absolute Gasteiger partial charge is 0.342 e. The van der Waals surface area contributed by atoms with Gasteiger partial charge in [-0.3, -0.25) is 4.79 Å². The Morgan fingerprint density at radius 1 is 1.36 bits per heavy atom. The number of hydrogen-bond acceptors (Lipinski definition) is 3. The minimum atomic E-state index is -0.442. The van der Waals surface area contributed by atoms with Crippen LogP contribution in [0.25, 0.3) is 0 Å². The third-order valence-electron chi connectivity index (χ3n) is 1.32. The van der Waals surface area contributed by atoms with Crippen LogP contribution in [0, 0.1) is 0 Å². The van der Waals surface area contributed by atoms with Crippen molar-refractivity contribution >= 4 is 29.0 Å². The number of benzene rings is 1. The molecule has 0 atom stereocenters. The highest BCUT2D eigenvalue weighted by molar-refractivity contribution is 7.80. The van der Waals surface area contributed by atoms with Gasteiger partial charge in [0.25, 0.3) is 0 Å². The minimum absolute atomic E-state index is 0.242. The van der Waals surface area contributed by atoms with Crippen LogP contribution in [-0.2, 0) is 9.63 Å². The lowest BCUT2D eigenvalue weighted by atomic mass is 10.3. The molecule has 1 aromatic carbocycles. The predicted octanol–water partition coefficient (Wildman–Crippen LogP) is 1.45. The zero-order valence-corrected chi connectivity index (χ0v) is 8.43. The molecular weight excluding hydrogens is 200 g/mol. The van der Waals surface area contributed by atoms with E-state index in [1.54, 1.807) is 0 Å². The Balaban J connectivity index is 2.38. The van der Waals surface area contributed by atoms with Crippen LogP contribution >= 0.6 is 12.2 Å². The highest BCUT2D eigenvalue weighted by Crippen LogP contribution is 2.03. The Morgan fingerprint density at radius 2 is 2.00 bits per heavy atom. The fraction of sp³-hybridized carbons (Fsp3) is 0.111. The Labute approximate surface area is 87.2 Å². The molecular formula is C9H10N2O2S. The molecule has 0 saturated carbocycles. The molecule has 0 heterocycles. The Bertz CT molecular complexity index is 327. The molecule has 0 fully saturated rings. The molecule has 0 amide bonds. The van der Waals surface area contributed by atoms with E-state index >= 15 is 0 Å². The number of para-hydroxylation sites is 1. The van der Waals surface area contributed by atoms with E-state index in [9.17, 15) is 4.79 Å². The van der Waals surface area contributed by atoms with Gasteiger partial charge in [0.1, 0.15) is 0 Å². The van der Waals surface area contributed by atoms with E-state index in [0.717, 1.165) is 5.69 Å². The molecule has 0 bridgehead atoms. The Hall–Kier alpha value is -1.62. The number of carbonyl (C=O) groups is 1. The third kappa shape index (κ3) is 3.86. The van der Waals surface area contributed by atoms with Crippen molar-refractivity contribution in [2.75, 3.05) is 5.32 Å². The van der Waals surface area contributed by atoms with Crippen LogP contribution in [0.5, 0.6) is 0 Å². The number of nitrogens with one attached hydrogen (secondary N) is 2. The molecule has 0 aliphatic rings. The van der Waals surface area contributed by atoms with E-state index < -0.39 is 5.97 Å². The second-order valence-corrected chi connectivity index (χ2v) is 2.92. The maximum absolute atomic E-state index is 10.4. The van der Waals surface area contributed by atoms with E-state index in [2.05, 4.69) is 15.6 Å². The van der Waals surface area contributed by atoms with Crippen molar-refractivity contribution in [2.45, 2.75) is 6.92 Å². The average molecular weight is 210 g/mol. The summed E-state index contributed by atoms with van der Waals surface area (Å²) < 4.78 is 0. The number of anilines is 1. The summed E-state index contributed by atoms with van der Waals surface area (Å²) in [6, 6.07) is 9.34. The molecule has 5 heteroatoms. The molecule has 0 saturated heterocycles. The van der Waals surface area contributed by atoms with Gasteiger partial charge in [-0.15, -0.1) is 0 Å². The third-order valence-corrected chi connectivity index (χ3v) is 1.50. The summed E-state index contributed by atoms with van der Waals surface area (Å²) >= 11 is 4.85. The first-order valence-electron chi connectivity index (χ1n) is 3.98. The van der Waals surface area contributed by atoms with Gasteiger partial charge in [0.15, 0.2) is 0 Å². The maximum atomic E-state index is 10.4. The molecule has 0 aliphatic heterocycles. The van der Waals surface area contributed by atoms with E-state index in [4.69, 9.17) is 12.2 Å². The number of hydrogen-bond donors (Lipinski definition) is 2. The number of thiocarbonyl (C=S) groups is 1. The molecule has 14 heavy (non-hydrogen) atoms. The summed E-state index contributed by atoms with van der Waals surface area (Å²) in [6.45, 7) is 1.29. The quantitative estimate of drug-likeness (QED) is 0.542. The monoisotopic (exact) mass is 210 g/mol. The first kappa shape index (κ1) is 10.5. The van der Waals surface area contributed by atoms with E-state index in [-0.39, 0.29) is 5.11 Å². The minimum Gasteiger partial charge on any atom is -0.342 e. The van der Waals surface area contributed by atoms with Gasteiger partial charge in [-0.25, -0.2) is 0 Å². The van der Waals surface area contributed by atoms with Gasteiger partial charge in [0.2, 0.25) is 5.11 Å². The van der Waals surface area contributed by atoms with Gasteiger partial charge in [0.05, 0.1) is 0 Å². The number of carbonyl (C=O) groups excluding carboxylic acids is 1. The smallest absolute Gasteiger partial charge is 0.329 e. The van der Waals surface area contributed by atoms with Crippen molar-refractivity contribution in [1.29, 1.82) is 0 Å². The van der Waals surface area contributed by atoms with Crippen LogP contribution in [0.15, 0.2) is 30.3 Å². The summed E-state index contributed by atoms with van der Waals surface area (Å²) in [5, 5.41) is 3.08. The second-order valence-electron chi connectivity index (χ2n) is 2.52. The van der Waals surface area contributed by atoms with Crippen LogP contribution in [-0.4, -0.2) is 11.1 Å². The zero-order chi connectivity index (χ0) is 10.4. The van der Waals surface area contributed by atoms with E-state index in [0.29, 0.717) is 0 Å². The van der Waals surface area contributed by atoms with E-state index in [1.807, 2.05) is 30.3 Å². The fourth-order valence-corrected chi connectivity index (χ4v) is 0.956. The normalized spacial score (nSPS) is 8.93. The van der Waals surface area contributed by atoms with Crippen molar-refractivity contribution in [3.05, 3.63) is 30.3 Å². The first-order chi connectivity index (χ1) is 6.68.